The third-order valence-corrected chi connectivity index (χ3v) is 7.93. The van der Waals surface area contributed by atoms with Crippen molar-refractivity contribution < 1.29 is 4.55 Å². The molecule has 2 unspecified atom stereocenters. The van der Waals surface area contributed by atoms with Crippen LogP contribution in [0, 0.1) is 0 Å². The lowest BCUT2D eigenvalue weighted by Gasteiger charge is -2.32. The summed E-state index contributed by atoms with van der Waals surface area (Å²) in [5, 5.41) is 8.53. The number of hydrogen-bond donors (Lipinski definition) is 1. The number of aromatic nitrogens is 4. The lowest BCUT2D eigenvalue weighted by molar-refractivity contribution is 0.312. The topological polar surface area (TPSA) is 81.4 Å². The van der Waals surface area contributed by atoms with Gasteiger partial charge in [0.25, 0.3) is 0 Å². The van der Waals surface area contributed by atoms with Crippen molar-refractivity contribution >= 4 is 50.4 Å². The molecule has 170 valence electrons. The van der Waals surface area contributed by atoms with Crippen molar-refractivity contribution in [2.75, 3.05) is 18.4 Å². The molecular formula is C23H22BrClN6OS. The predicted molar refractivity (Wildman–Crippen MR) is 134 cm³/mol. The smallest absolute Gasteiger partial charge is 0.175 e. The van der Waals surface area contributed by atoms with Gasteiger partial charge in [0, 0.05) is 48.6 Å². The average Bonchev–Trinajstić information content (AvgIpc) is 3.23. The van der Waals surface area contributed by atoms with E-state index >= 15 is 0 Å². The van der Waals surface area contributed by atoms with Crippen molar-refractivity contribution in [2.45, 2.75) is 30.2 Å². The van der Waals surface area contributed by atoms with E-state index in [1.54, 1.807) is 29.0 Å². The summed E-state index contributed by atoms with van der Waals surface area (Å²) in [6.45, 7) is 2.07. The van der Waals surface area contributed by atoms with Gasteiger partial charge in [-0.25, -0.2) is 4.98 Å². The normalized spacial score (nSPS) is 17.8. The summed E-state index contributed by atoms with van der Waals surface area (Å²) in [6.07, 6.45) is 7.29. The van der Waals surface area contributed by atoms with E-state index in [4.69, 9.17) is 16.6 Å². The molecule has 1 saturated heterocycles. The van der Waals surface area contributed by atoms with Gasteiger partial charge in [-0.3, -0.25) is 4.98 Å². The van der Waals surface area contributed by atoms with Crippen LogP contribution in [0.25, 0.3) is 5.65 Å². The summed E-state index contributed by atoms with van der Waals surface area (Å²) in [4.78, 5) is 9.82. The molecule has 10 heteroatoms. The van der Waals surface area contributed by atoms with Crippen LogP contribution in [0.2, 0.25) is 5.02 Å². The number of halogens is 2. The summed E-state index contributed by atoms with van der Waals surface area (Å²) in [5.41, 5.74) is 2.80. The van der Waals surface area contributed by atoms with Crippen molar-refractivity contribution in [3.63, 3.8) is 0 Å². The minimum absolute atomic E-state index is 0.160. The largest absolute Gasteiger partial charge is 0.593 e. The van der Waals surface area contributed by atoms with Crippen LogP contribution in [0.5, 0.6) is 0 Å². The molecule has 0 radical (unpaired) electrons. The number of fused-ring (bicyclic) bond motifs is 1. The lowest BCUT2D eigenvalue weighted by Crippen LogP contribution is -2.39. The van der Waals surface area contributed by atoms with Crippen molar-refractivity contribution in [1.29, 1.82) is 0 Å². The van der Waals surface area contributed by atoms with Gasteiger partial charge in [-0.05, 0) is 52.5 Å². The van der Waals surface area contributed by atoms with Gasteiger partial charge in [0.2, 0.25) is 0 Å². The third kappa shape index (κ3) is 5.02. The van der Waals surface area contributed by atoms with Gasteiger partial charge in [-0.1, -0.05) is 23.7 Å². The fraction of sp³-hybridized carbons (Fsp3) is 0.261. The first-order valence-corrected chi connectivity index (χ1v) is 13.0. The van der Waals surface area contributed by atoms with Crippen LogP contribution in [-0.4, -0.2) is 41.5 Å². The van der Waals surface area contributed by atoms with Crippen LogP contribution < -0.4 is 5.32 Å². The molecule has 1 N–H and O–H groups in total. The van der Waals surface area contributed by atoms with Crippen molar-refractivity contribution in [3.05, 3.63) is 81.8 Å². The maximum atomic E-state index is 13.2. The van der Waals surface area contributed by atoms with Gasteiger partial charge in [-0.2, -0.15) is 9.61 Å². The highest BCUT2D eigenvalue weighted by atomic mass is 79.9. The molecular weight excluding hydrogens is 524 g/mol. The number of nitrogens with zero attached hydrogens (tertiary/aromatic N) is 5. The molecule has 1 aromatic carbocycles. The quantitative estimate of drug-likeness (QED) is 0.341. The van der Waals surface area contributed by atoms with E-state index in [2.05, 4.69) is 37.4 Å². The SMILES string of the molecule is [O-][S+](c1cccc(Cl)c1)N1CCCC(c2cc(NCc3cccnc3)n3ncc(Br)c3n2)C1. The minimum atomic E-state index is -1.26. The van der Waals surface area contributed by atoms with Crippen LogP contribution in [-0.2, 0) is 17.9 Å². The average molecular weight is 546 g/mol. The number of anilines is 1. The van der Waals surface area contributed by atoms with Gasteiger partial charge in [-0.15, -0.1) is 4.31 Å². The molecule has 4 heterocycles. The van der Waals surface area contributed by atoms with Gasteiger partial charge < -0.3 is 9.87 Å². The highest BCUT2D eigenvalue weighted by Crippen LogP contribution is 2.32. The van der Waals surface area contributed by atoms with Crippen LogP contribution in [0.15, 0.2) is 70.4 Å². The Hall–Kier alpha value is -2.17. The lowest BCUT2D eigenvalue weighted by atomic mass is 9.96. The minimum Gasteiger partial charge on any atom is -0.593 e. The zero-order valence-corrected chi connectivity index (χ0v) is 20.9. The summed E-state index contributed by atoms with van der Waals surface area (Å²) in [7, 11) is 0. The monoisotopic (exact) mass is 544 g/mol. The molecule has 7 nitrogen and oxygen atoms in total. The van der Waals surface area contributed by atoms with Gasteiger partial charge in [0.05, 0.1) is 34.3 Å². The molecule has 5 rings (SSSR count). The maximum absolute atomic E-state index is 13.2. The van der Waals surface area contributed by atoms with Crippen LogP contribution in [0.1, 0.15) is 30.0 Å². The fourth-order valence-corrected chi connectivity index (χ4v) is 5.98. The Morgan fingerprint density at radius 3 is 2.94 bits per heavy atom. The van der Waals surface area contributed by atoms with E-state index < -0.39 is 11.4 Å². The second-order valence-corrected chi connectivity index (χ2v) is 10.7. The van der Waals surface area contributed by atoms with Crippen molar-refractivity contribution in [3.8, 4) is 0 Å². The molecule has 0 bridgehead atoms. The third-order valence-electron chi connectivity index (χ3n) is 5.68. The first-order valence-electron chi connectivity index (χ1n) is 10.7. The summed E-state index contributed by atoms with van der Waals surface area (Å²) < 4.78 is 17.8. The number of hydrogen-bond acceptors (Lipinski definition) is 6. The highest BCUT2D eigenvalue weighted by molar-refractivity contribution is 9.10. The zero-order valence-electron chi connectivity index (χ0n) is 17.7. The number of pyridine rings is 1. The number of nitrogens with one attached hydrogen (secondary N) is 1. The molecule has 1 aliphatic heterocycles. The Labute approximate surface area is 208 Å². The Balaban J connectivity index is 1.40. The van der Waals surface area contributed by atoms with Gasteiger partial charge in [0.15, 0.2) is 10.5 Å². The van der Waals surface area contributed by atoms with Crippen LogP contribution in [0.3, 0.4) is 0 Å². The van der Waals surface area contributed by atoms with E-state index in [0.29, 0.717) is 18.1 Å². The van der Waals surface area contributed by atoms with E-state index in [-0.39, 0.29) is 5.92 Å². The Bertz CT molecular complexity index is 1260. The standard InChI is InChI=1S/C23H22BrClN6OS/c24-20-14-28-31-22(27-13-16-4-2-8-26-12-16)11-21(29-23(20)31)17-5-3-9-30(15-17)33(32)19-7-1-6-18(25)10-19/h1-2,4,6-8,10-12,14,17,27H,3,5,9,13,15H2. The number of benzene rings is 1. The summed E-state index contributed by atoms with van der Waals surface area (Å²) in [6, 6.07) is 13.3. The van der Waals surface area contributed by atoms with Crippen molar-refractivity contribution in [1.82, 2.24) is 23.9 Å². The second kappa shape index (κ2) is 9.99. The van der Waals surface area contributed by atoms with Gasteiger partial charge >= 0.3 is 0 Å². The molecule has 2 atom stereocenters. The predicted octanol–water partition coefficient (Wildman–Crippen LogP) is 5.05. The number of piperidine rings is 1. The Morgan fingerprint density at radius 2 is 2.12 bits per heavy atom. The van der Waals surface area contributed by atoms with Crippen LogP contribution >= 0.6 is 27.5 Å². The molecule has 0 spiro atoms. The molecule has 0 aliphatic carbocycles. The Kier molecular flexibility index (Phi) is 6.84. The van der Waals surface area contributed by atoms with E-state index in [0.717, 1.165) is 51.5 Å². The molecule has 0 saturated carbocycles. The van der Waals surface area contributed by atoms with E-state index in [1.807, 2.05) is 34.8 Å². The van der Waals surface area contributed by atoms with E-state index in [9.17, 15) is 4.55 Å². The fourth-order valence-electron chi connectivity index (χ4n) is 4.04. The molecule has 33 heavy (non-hydrogen) atoms. The summed E-state index contributed by atoms with van der Waals surface area (Å²) >= 11 is 8.43. The highest BCUT2D eigenvalue weighted by Gasteiger charge is 2.31. The van der Waals surface area contributed by atoms with Crippen molar-refractivity contribution in [2.24, 2.45) is 0 Å². The van der Waals surface area contributed by atoms with E-state index in [1.165, 1.54) is 0 Å². The van der Waals surface area contributed by atoms with Gasteiger partial charge in [0.1, 0.15) is 5.82 Å². The maximum Gasteiger partial charge on any atom is 0.175 e. The zero-order chi connectivity index (χ0) is 22.8. The molecule has 3 aromatic heterocycles. The first-order chi connectivity index (χ1) is 16.1. The summed E-state index contributed by atoms with van der Waals surface area (Å²) in [5.74, 6) is 1.02. The first kappa shape index (κ1) is 22.6. The van der Waals surface area contributed by atoms with Crippen LogP contribution in [0.4, 0.5) is 5.82 Å². The molecule has 1 fully saturated rings. The second-order valence-electron chi connectivity index (χ2n) is 7.94. The molecule has 1 aliphatic rings. The Morgan fingerprint density at radius 1 is 1.21 bits per heavy atom. The molecule has 0 amide bonds. The number of rotatable bonds is 6. The molecule has 4 aromatic rings.